The average molecular weight is 299 g/mol. The summed E-state index contributed by atoms with van der Waals surface area (Å²) < 4.78 is 44.1. The molecule has 7 heteroatoms. The Balaban J connectivity index is 1.96. The molecule has 0 radical (unpaired) electrons. The van der Waals surface area contributed by atoms with Crippen molar-refractivity contribution < 1.29 is 17.9 Å². The number of anilines is 1. The van der Waals surface area contributed by atoms with Crippen molar-refractivity contribution in [1.29, 1.82) is 5.41 Å². The van der Waals surface area contributed by atoms with E-state index in [-0.39, 0.29) is 23.6 Å². The molecule has 0 aliphatic carbocycles. The Hall–Kier alpha value is -1.76. The standard InChI is InChI=1S/C14H16F3N3O/c15-14(16,17)8-1-4-12(11(5-8)13(18)19)20-6-9-2-3-10(7-20)21-9/h1,4-5,9-10H,2-3,6-7H2,(H3,18,19). The lowest BCUT2D eigenvalue weighted by Gasteiger charge is -2.35. The Labute approximate surface area is 120 Å². The molecule has 4 nitrogen and oxygen atoms in total. The molecule has 2 aliphatic rings. The van der Waals surface area contributed by atoms with Crippen LogP contribution in [0.3, 0.4) is 0 Å². The van der Waals surface area contributed by atoms with E-state index in [1.165, 1.54) is 6.07 Å². The molecule has 114 valence electrons. The molecule has 0 saturated carbocycles. The number of alkyl halides is 3. The van der Waals surface area contributed by atoms with Gasteiger partial charge in [0, 0.05) is 24.3 Å². The Kier molecular flexibility index (Phi) is 3.32. The van der Waals surface area contributed by atoms with Gasteiger partial charge in [-0.05, 0) is 31.0 Å². The minimum absolute atomic E-state index is 0.117. The van der Waals surface area contributed by atoms with Gasteiger partial charge in [-0.2, -0.15) is 13.2 Å². The summed E-state index contributed by atoms with van der Waals surface area (Å²) in [5.41, 5.74) is 5.40. The number of hydrogen-bond acceptors (Lipinski definition) is 3. The van der Waals surface area contributed by atoms with Crippen LogP contribution in [0.5, 0.6) is 0 Å². The Morgan fingerprint density at radius 3 is 2.38 bits per heavy atom. The molecule has 1 aromatic rings. The first kappa shape index (κ1) is 14.2. The number of ether oxygens (including phenoxy) is 1. The van der Waals surface area contributed by atoms with Gasteiger partial charge in [-0.25, -0.2) is 0 Å². The number of hydrogen-bond donors (Lipinski definition) is 2. The summed E-state index contributed by atoms with van der Waals surface area (Å²) in [6.45, 7) is 1.25. The SMILES string of the molecule is N=C(N)c1cc(C(F)(F)F)ccc1N1CC2CCC(C1)O2. The fourth-order valence-electron chi connectivity index (χ4n) is 3.02. The van der Waals surface area contributed by atoms with E-state index < -0.39 is 11.7 Å². The molecule has 3 N–H and O–H groups in total. The quantitative estimate of drug-likeness (QED) is 0.651. The predicted octanol–water partition coefficient (Wildman–Crippen LogP) is 2.36. The summed E-state index contributed by atoms with van der Waals surface area (Å²) >= 11 is 0. The lowest BCUT2D eigenvalue weighted by atomic mass is 10.1. The van der Waals surface area contributed by atoms with E-state index >= 15 is 0 Å². The fourth-order valence-corrected chi connectivity index (χ4v) is 3.02. The van der Waals surface area contributed by atoms with Crippen LogP contribution in [-0.2, 0) is 10.9 Å². The second-order valence-electron chi connectivity index (χ2n) is 5.51. The molecule has 2 saturated heterocycles. The third-order valence-corrected chi connectivity index (χ3v) is 4.00. The smallest absolute Gasteiger partial charge is 0.384 e. The van der Waals surface area contributed by atoms with Crippen LogP contribution < -0.4 is 10.6 Å². The van der Waals surface area contributed by atoms with Crippen molar-refractivity contribution in [1.82, 2.24) is 0 Å². The molecule has 0 amide bonds. The van der Waals surface area contributed by atoms with E-state index in [9.17, 15) is 13.2 Å². The van der Waals surface area contributed by atoms with E-state index in [1.54, 1.807) is 0 Å². The summed E-state index contributed by atoms with van der Waals surface area (Å²) in [7, 11) is 0. The Morgan fingerprint density at radius 1 is 1.24 bits per heavy atom. The van der Waals surface area contributed by atoms with Crippen LogP contribution in [-0.4, -0.2) is 31.1 Å². The van der Waals surface area contributed by atoms with Gasteiger partial charge in [0.1, 0.15) is 5.84 Å². The van der Waals surface area contributed by atoms with Crippen LogP contribution in [0, 0.1) is 5.41 Å². The first-order valence-corrected chi connectivity index (χ1v) is 6.80. The van der Waals surface area contributed by atoms with Crippen molar-refractivity contribution in [2.75, 3.05) is 18.0 Å². The van der Waals surface area contributed by atoms with Gasteiger partial charge in [-0.15, -0.1) is 0 Å². The van der Waals surface area contributed by atoms with Crippen LogP contribution in [0.1, 0.15) is 24.0 Å². The monoisotopic (exact) mass is 299 g/mol. The summed E-state index contributed by atoms with van der Waals surface area (Å²) in [5.74, 6) is -0.352. The highest BCUT2D eigenvalue weighted by atomic mass is 19.4. The van der Waals surface area contributed by atoms with Gasteiger partial charge in [-0.1, -0.05) is 0 Å². The lowest BCUT2D eigenvalue weighted by molar-refractivity contribution is -0.137. The molecule has 0 spiro atoms. The number of nitrogens with zero attached hydrogens (tertiary/aromatic N) is 1. The molecule has 2 bridgehead atoms. The number of amidine groups is 1. The Morgan fingerprint density at radius 2 is 1.86 bits per heavy atom. The van der Waals surface area contributed by atoms with Crippen LogP contribution in [0.4, 0.5) is 18.9 Å². The van der Waals surface area contributed by atoms with Crippen molar-refractivity contribution >= 4 is 11.5 Å². The van der Waals surface area contributed by atoms with Crippen LogP contribution in [0.25, 0.3) is 0 Å². The molecule has 2 heterocycles. The lowest BCUT2D eigenvalue weighted by Crippen LogP contribution is -2.43. The number of benzene rings is 1. The highest BCUT2D eigenvalue weighted by molar-refractivity contribution is 6.00. The summed E-state index contributed by atoms with van der Waals surface area (Å²) in [6.07, 6.45) is -2.27. The number of rotatable bonds is 2. The average Bonchev–Trinajstić information content (AvgIpc) is 2.75. The van der Waals surface area contributed by atoms with E-state index in [0.29, 0.717) is 18.8 Å². The minimum Gasteiger partial charge on any atom is -0.384 e. The van der Waals surface area contributed by atoms with Crippen LogP contribution in [0.2, 0.25) is 0 Å². The van der Waals surface area contributed by atoms with Gasteiger partial charge >= 0.3 is 6.18 Å². The number of nitrogens with two attached hydrogens (primary N) is 1. The molecular weight excluding hydrogens is 283 g/mol. The second kappa shape index (κ2) is 4.91. The Bertz CT molecular complexity index is 561. The van der Waals surface area contributed by atoms with Crippen molar-refractivity contribution in [3.63, 3.8) is 0 Å². The molecule has 1 aromatic carbocycles. The zero-order valence-electron chi connectivity index (χ0n) is 11.3. The number of fused-ring (bicyclic) bond motifs is 2. The van der Waals surface area contributed by atoms with Gasteiger partial charge in [0.15, 0.2) is 0 Å². The van der Waals surface area contributed by atoms with Crippen molar-refractivity contribution in [2.24, 2.45) is 5.73 Å². The van der Waals surface area contributed by atoms with Gasteiger partial charge in [-0.3, -0.25) is 5.41 Å². The summed E-state index contributed by atoms with van der Waals surface area (Å²) in [6, 6.07) is 3.40. The fraction of sp³-hybridized carbons (Fsp3) is 0.500. The van der Waals surface area contributed by atoms with Crippen LogP contribution in [0.15, 0.2) is 18.2 Å². The maximum Gasteiger partial charge on any atom is 0.416 e. The summed E-state index contributed by atoms with van der Waals surface area (Å²) in [5, 5.41) is 7.56. The third kappa shape index (κ3) is 2.70. The molecule has 2 unspecified atom stereocenters. The largest absolute Gasteiger partial charge is 0.416 e. The zero-order chi connectivity index (χ0) is 15.2. The highest BCUT2D eigenvalue weighted by Crippen LogP contribution is 2.35. The first-order chi connectivity index (χ1) is 9.84. The topological polar surface area (TPSA) is 62.3 Å². The number of halogens is 3. The number of nitrogen functional groups attached to an aromatic ring is 1. The zero-order valence-corrected chi connectivity index (χ0v) is 11.3. The first-order valence-electron chi connectivity index (χ1n) is 6.80. The normalized spacial score (nSPS) is 25.2. The molecule has 2 atom stereocenters. The van der Waals surface area contributed by atoms with Crippen LogP contribution >= 0.6 is 0 Å². The number of nitrogens with one attached hydrogen (secondary N) is 1. The molecule has 2 fully saturated rings. The third-order valence-electron chi connectivity index (χ3n) is 4.00. The molecule has 2 aliphatic heterocycles. The maximum atomic E-state index is 12.8. The van der Waals surface area contributed by atoms with Crippen molar-refractivity contribution in [2.45, 2.75) is 31.2 Å². The van der Waals surface area contributed by atoms with E-state index in [2.05, 4.69) is 0 Å². The van der Waals surface area contributed by atoms with Crippen molar-refractivity contribution in [3.05, 3.63) is 29.3 Å². The molecule has 21 heavy (non-hydrogen) atoms. The minimum atomic E-state index is -4.44. The summed E-state index contributed by atoms with van der Waals surface area (Å²) in [4.78, 5) is 1.97. The van der Waals surface area contributed by atoms with Crippen molar-refractivity contribution in [3.8, 4) is 0 Å². The highest BCUT2D eigenvalue weighted by Gasteiger charge is 2.36. The maximum absolute atomic E-state index is 12.8. The molecule has 3 rings (SSSR count). The van der Waals surface area contributed by atoms with Gasteiger partial charge < -0.3 is 15.4 Å². The predicted molar refractivity (Wildman–Crippen MR) is 72.6 cm³/mol. The molecule has 0 aromatic heterocycles. The van der Waals surface area contributed by atoms with Gasteiger partial charge in [0.25, 0.3) is 0 Å². The van der Waals surface area contributed by atoms with E-state index in [1.807, 2.05) is 4.90 Å². The van der Waals surface area contributed by atoms with E-state index in [4.69, 9.17) is 15.9 Å². The molecular formula is C14H16F3N3O. The second-order valence-corrected chi connectivity index (χ2v) is 5.51. The van der Waals surface area contributed by atoms with Gasteiger partial charge in [0.05, 0.1) is 17.8 Å². The number of morpholine rings is 1. The van der Waals surface area contributed by atoms with E-state index in [0.717, 1.165) is 25.0 Å². The van der Waals surface area contributed by atoms with Gasteiger partial charge in [0.2, 0.25) is 0 Å².